The zero-order chi connectivity index (χ0) is 24.5. The molecule has 0 aliphatic rings. The Balaban J connectivity index is 1.56. The summed E-state index contributed by atoms with van der Waals surface area (Å²) in [5, 5.41) is 7.07. The first kappa shape index (κ1) is 24.9. The molecule has 0 aliphatic carbocycles. The highest BCUT2D eigenvalue weighted by Crippen LogP contribution is 2.17. The predicted octanol–water partition coefficient (Wildman–Crippen LogP) is 5.46. The van der Waals surface area contributed by atoms with Gasteiger partial charge in [-0.3, -0.25) is 5.32 Å². The van der Waals surface area contributed by atoms with Crippen LogP contribution in [0, 0.1) is 11.6 Å². The Hall–Kier alpha value is -3.75. The van der Waals surface area contributed by atoms with Gasteiger partial charge in [0.05, 0.1) is 6.04 Å². The minimum Gasteiger partial charge on any atom is -0.447 e. The van der Waals surface area contributed by atoms with Crippen molar-refractivity contribution in [2.45, 2.75) is 38.8 Å². The Morgan fingerprint density at radius 2 is 1.88 bits per heavy atom. The first-order valence-electron chi connectivity index (χ1n) is 11.1. The van der Waals surface area contributed by atoms with E-state index < -0.39 is 29.8 Å². The standard InChI is InChI=1S/C25H28F2N4O3/c1-3-4-11-20(31(2)24(32)29-15-19-10-7-12-21(26)23(19)27)16-34-25(33)30-22-13-17-8-5-6-9-18(17)14-28-22/h5-10,12-14,20H,3-4,11,15-16H2,1-2H3,(H,29,32)(H,28,30,33)/t20-/m1/s1. The third kappa shape index (κ3) is 6.63. The summed E-state index contributed by atoms with van der Waals surface area (Å²) in [5.74, 6) is -1.60. The normalized spacial score (nSPS) is 11.6. The molecule has 180 valence electrons. The molecular weight excluding hydrogens is 442 g/mol. The number of hydrogen-bond acceptors (Lipinski definition) is 4. The lowest BCUT2D eigenvalue weighted by atomic mass is 10.1. The maximum atomic E-state index is 13.8. The lowest BCUT2D eigenvalue weighted by Crippen LogP contribution is -2.46. The monoisotopic (exact) mass is 470 g/mol. The molecule has 0 saturated heterocycles. The lowest BCUT2D eigenvalue weighted by molar-refractivity contribution is 0.113. The van der Waals surface area contributed by atoms with Crippen molar-refractivity contribution in [2.24, 2.45) is 0 Å². The summed E-state index contributed by atoms with van der Waals surface area (Å²) in [6, 6.07) is 12.3. The predicted molar refractivity (Wildman–Crippen MR) is 126 cm³/mol. The number of benzene rings is 2. The Morgan fingerprint density at radius 1 is 1.12 bits per heavy atom. The van der Waals surface area contributed by atoms with Crippen LogP contribution in [-0.2, 0) is 11.3 Å². The molecule has 34 heavy (non-hydrogen) atoms. The van der Waals surface area contributed by atoms with Gasteiger partial charge in [0.25, 0.3) is 0 Å². The molecule has 3 amide bonds. The molecule has 1 aromatic heterocycles. The van der Waals surface area contributed by atoms with E-state index in [9.17, 15) is 18.4 Å². The fourth-order valence-corrected chi connectivity index (χ4v) is 3.44. The van der Waals surface area contributed by atoms with Crippen LogP contribution in [0.2, 0.25) is 0 Å². The Bertz CT molecular complexity index is 1140. The van der Waals surface area contributed by atoms with Crippen molar-refractivity contribution < 1.29 is 23.1 Å². The molecule has 3 rings (SSSR count). The summed E-state index contributed by atoms with van der Waals surface area (Å²) < 4.78 is 32.6. The van der Waals surface area contributed by atoms with Crippen LogP contribution in [0.4, 0.5) is 24.2 Å². The highest BCUT2D eigenvalue weighted by atomic mass is 19.2. The molecule has 3 aromatic rings. The van der Waals surface area contributed by atoms with Crippen LogP contribution in [0.25, 0.3) is 10.8 Å². The van der Waals surface area contributed by atoms with Gasteiger partial charge in [-0.15, -0.1) is 0 Å². The maximum absolute atomic E-state index is 13.8. The molecular formula is C25H28F2N4O3. The minimum absolute atomic E-state index is 0.0301. The summed E-state index contributed by atoms with van der Waals surface area (Å²) in [5.41, 5.74) is 0.0466. The second-order valence-corrected chi connectivity index (χ2v) is 7.92. The number of nitrogens with zero attached hydrogens (tertiary/aromatic N) is 2. The van der Waals surface area contributed by atoms with E-state index in [4.69, 9.17) is 4.74 Å². The van der Waals surface area contributed by atoms with Crippen molar-refractivity contribution in [1.82, 2.24) is 15.2 Å². The molecule has 0 fully saturated rings. The minimum atomic E-state index is -0.990. The van der Waals surface area contributed by atoms with E-state index in [0.29, 0.717) is 12.2 Å². The number of unbranched alkanes of at least 4 members (excludes halogenated alkanes) is 1. The fourth-order valence-electron chi connectivity index (χ4n) is 3.44. The van der Waals surface area contributed by atoms with Crippen LogP contribution in [0.3, 0.4) is 0 Å². The Morgan fingerprint density at radius 3 is 2.65 bits per heavy atom. The highest BCUT2D eigenvalue weighted by Gasteiger charge is 2.22. The van der Waals surface area contributed by atoms with Crippen molar-refractivity contribution in [3.05, 3.63) is 71.9 Å². The quantitative estimate of drug-likeness (QED) is 0.435. The SMILES string of the molecule is CCCC[C@H](COC(=O)Nc1cc2ccccc2cn1)N(C)C(=O)NCc1cccc(F)c1F. The van der Waals surface area contributed by atoms with Gasteiger partial charge in [0.2, 0.25) is 0 Å². The van der Waals surface area contributed by atoms with Gasteiger partial charge in [-0.2, -0.15) is 0 Å². The number of anilines is 1. The van der Waals surface area contributed by atoms with E-state index in [0.717, 1.165) is 29.7 Å². The van der Waals surface area contributed by atoms with Gasteiger partial charge in [-0.25, -0.2) is 23.4 Å². The number of ether oxygens (including phenoxy) is 1. The smallest absolute Gasteiger partial charge is 0.412 e. The Labute approximate surface area is 197 Å². The van der Waals surface area contributed by atoms with E-state index in [-0.39, 0.29) is 18.7 Å². The number of pyridine rings is 1. The van der Waals surface area contributed by atoms with E-state index in [1.54, 1.807) is 19.3 Å². The summed E-state index contributed by atoms with van der Waals surface area (Å²) >= 11 is 0. The molecule has 2 aromatic carbocycles. The number of fused-ring (bicyclic) bond motifs is 1. The number of aromatic nitrogens is 1. The molecule has 1 atom stereocenters. The molecule has 0 aliphatic heterocycles. The molecule has 0 saturated carbocycles. The number of carbonyl (C=O) groups is 2. The first-order valence-corrected chi connectivity index (χ1v) is 11.1. The number of rotatable bonds is 9. The number of halogens is 2. The van der Waals surface area contributed by atoms with E-state index >= 15 is 0 Å². The topological polar surface area (TPSA) is 83.6 Å². The van der Waals surface area contributed by atoms with Crippen LogP contribution in [0.1, 0.15) is 31.7 Å². The second-order valence-electron chi connectivity index (χ2n) is 7.92. The van der Waals surface area contributed by atoms with E-state index in [1.165, 1.54) is 17.0 Å². The number of urea groups is 1. The number of likely N-dealkylation sites (N-methyl/N-ethyl adjacent to an activating group) is 1. The van der Waals surface area contributed by atoms with Crippen LogP contribution in [-0.4, -0.2) is 41.7 Å². The molecule has 0 spiro atoms. The van der Waals surface area contributed by atoms with Gasteiger partial charge in [-0.05, 0) is 23.9 Å². The third-order valence-electron chi connectivity index (χ3n) is 5.49. The van der Waals surface area contributed by atoms with E-state index in [2.05, 4.69) is 15.6 Å². The largest absolute Gasteiger partial charge is 0.447 e. The van der Waals surface area contributed by atoms with Gasteiger partial charge < -0.3 is 15.0 Å². The zero-order valence-corrected chi connectivity index (χ0v) is 19.2. The maximum Gasteiger partial charge on any atom is 0.412 e. The highest BCUT2D eigenvalue weighted by molar-refractivity contribution is 5.89. The summed E-state index contributed by atoms with van der Waals surface area (Å²) in [6.45, 7) is 1.82. The van der Waals surface area contributed by atoms with Crippen LogP contribution >= 0.6 is 0 Å². The van der Waals surface area contributed by atoms with Crippen molar-refractivity contribution in [3.8, 4) is 0 Å². The fraction of sp³-hybridized carbons (Fsp3) is 0.320. The molecule has 2 N–H and O–H groups in total. The second kappa shape index (κ2) is 11.9. The summed E-state index contributed by atoms with van der Waals surface area (Å²) in [7, 11) is 1.57. The van der Waals surface area contributed by atoms with Crippen LogP contribution < -0.4 is 10.6 Å². The third-order valence-corrected chi connectivity index (χ3v) is 5.49. The molecule has 7 nitrogen and oxygen atoms in total. The van der Waals surface area contributed by atoms with Crippen LogP contribution in [0.15, 0.2) is 54.7 Å². The van der Waals surface area contributed by atoms with Crippen molar-refractivity contribution in [1.29, 1.82) is 0 Å². The van der Waals surface area contributed by atoms with Gasteiger partial charge in [0, 0.05) is 30.7 Å². The average Bonchev–Trinajstić information content (AvgIpc) is 2.84. The van der Waals surface area contributed by atoms with Crippen molar-refractivity contribution >= 4 is 28.7 Å². The number of nitrogens with one attached hydrogen (secondary N) is 2. The average molecular weight is 471 g/mol. The molecule has 1 heterocycles. The Kier molecular flexibility index (Phi) is 8.73. The molecule has 0 radical (unpaired) electrons. The number of amides is 3. The lowest BCUT2D eigenvalue weighted by Gasteiger charge is -2.28. The zero-order valence-electron chi connectivity index (χ0n) is 19.2. The first-order chi connectivity index (χ1) is 16.4. The van der Waals surface area contributed by atoms with Crippen LogP contribution in [0.5, 0.6) is 0 Å². The van der Waals surface area contributed by atoms with Crippen molar-refractivity contribution in [2.75, 3.05) is 19.0 Å². The van der Waals surface area contributed by atoms with Gasteiger partial charge in [0.15, 0.2) is 11.6 Å². The van der Waals surface area contributed by atoms with Gasteiger partial charge >= 0.3 is 12.1 Å². The summed E-state index contributed by atoms with van der Waals surface area (Å²) in [6.07, 6.45) is 3.30. The van der Waals surface area contributed by atoms with Gasteiger partial charge in [0.1, 0.15) is 12.4 Å². The molecule has 0 bridgehead atoms. The summed E-state index contributed by atoms with van der Waals surface area (Å²) in [4.78, 5) is 30.6. The molecule has 0 unspecified atom stereocenters. The van der Waals surface area contributed by atoms with Crippen molar-refractivity contribution in [3.63, 3.8) is 0 Å². The number of hydrogen-bond donors (Lipinski definition) is 2. The number of carbonyl (C=O) groups excluding carboxylic acids is 2. The van der Waals surface area contributed by atoms with Gasteiger partial charge in [-0.1, -0.05) is 56.2 Å². The van der Waals surface area contributed by atoms with E-state index in [1.807, 2.05) is 31.2 Å². The molecule has 9 heteroatoms.